The van der Waals surface area contributed by atoms with Crippen molar-refractivity contribution in [3.05, 3.63) is 65.5 Å². The van der Waals surface area contributed by atoms with E-state index in [1.54, 1.807) is 30.3 Å². The van der Waals surface area contributed by atoms with Crippen LogP contribution in [0.2, 0.25) is 0 Å². The molecule has 1 N–H and O–H groups in total. The number of carboxylic acids is 1. The van der Waals surface area contributed by atoms with Gasteiger partial charge in [-0.3, -0.25) is 4.79 Å². The van der Waals surface area contributed by atoms with E-state index in [0.29, 0.717) is 18.7 Å². The summed E-state index contributed by atoms with van der Waals surface area (Å²) in [5, 5.41) is 17.9. The standard InChI is InChI=1S/C17H15FN2O2/c18-15-6-4-13(5-7-15)12-20(9-8-17(21)22)16-3-1-2-14(10-16)11-19/h1-7,10H,8-9,12H2,(H,21,22). The average molecular weight is 298 g/mol. The van der Waals surface area contributed by atoms with Crippen LogP contribution < -0.4 is 4.90 Å². The lowest BCUT2D eigenvalue weighted by Gasteiger charge is -2.24. The van der Waals surface area contributed by atoms with Gasteiger partial charge in [-0.2, -0.15) is 5.26 Å². The first kappa shape index (κ1) is 15.5. The van der Waals surface area contributed by atoms with Crippen molar-refractivity contribution in [2.45, 2.75) is 13.0 Å². The molecule has 0 spiro atoms. The highest BCUT2D eigenvalue weighted by molar-refractivity contribution is 5.67. The number of halogens is 1. The van der Waals surface area contributed by atoms with Gasteiger partial charge in [0.25, 0.3) is 0 Å². The van der Waals surface area contributed by atoms with Crippen molar-refractivity contribution in [2.24, 2.45) is 0 Å². The van der Waals surface area contributed by atoms with Crippen molar-refractivity contribution in [2.75, 3.05) is 11.4 Å². The van der Waals surface area contributed by atoms with Gasteiger partial charge in [-0.15, -0.1) is 0 Å². The maximum atomic E-state index is 13.0. The molecule has 0 aliphatic carbocycles. The summed E-state index contributed by atoms with van der Waals surface area (Å²) in [4.78, 5) is 12.7. The minimum absolute atomic E-state index is 0.0159. The Hall–Kier alpha value is -2.87. The fourth-order valence-electron chi connectivity index (χ4n) is 2.11. The lowest BCUT2D eigenvalue weighted by molar-refractivity contribution is -0.136. The molecule has 0 bridgehead atoms. The summed E-state index contributed by atoms with van der Waals surface area (Å²) < 4.78 is 13.0. The lowest BCUT2D eigenvalue weighted by Crippen LogP contribution is -2.25. The van der Waals surface area contributed by atoms with Gasteiger partial charge in [-0.05, 0) is 35.9 Å². The number of nitriles is 1. The van der Waals surface area contributed by atoms with Crippen LogP contribution in [-0.4, -0.2) is 17.6 Å². The molecule has 112 valence electrons. The van der Waals surface area contributed by atoms with Crippen LogP contribution in [0.5, 0.6) is 0 Å². The minimum atomic E-state index is -0.888. The number of carboxylic acid groups (broad SMARTS) is 1. The molecule has 0 saturated carbocycles. The largest absolute Gasteiger partial charge is 0.481 e. The highest BCUT2D eigenvalue weighted by atomic mass is 19.1. The molecular weight excluding hydrogens is 283 g/mol. The second-order valence-electron chi connectivity index (χ2n) is 4.85. The van der Waals surface area contributed by atoms with Gasteiger partial charge in [-0.1, -0.05) is 18.2 Å². The summed E-state index contributed by atoms with van der Waals surface area (Å²) in [7, 11) is 0. The molecule has 0 radical (unpaired) electrons. The molecular formula is C17H15FN2O2. The molecule has 0 amide bonds. The Morgan fingerprint density at radius 2 is 1.95 bits per heavy atom. The number of benzene rings is 2. The quantitative estimate of drug-likeness (QED) is 0.889. The van der Waals surface area contributed by atoms with Crippen molar-refractivity contribution < 1.29 is 14.3 Å². The number of hydrogen-bond acceptors (Lipinski definition) is 3. The van der Waals surface area contributed by atoms with E-state index in [0.717, 1.165) is 11.3 Å². The Morgan fingerprint density at radius 1 is 1.23 bits per heavy atom. The van der Waals surface area contributed by atoms with Crippen molar-refractivity contribution in [3.8, 4) is 6.07 Å². The summed E-state index contributed by atoms with van der Waals surface area (Å²) in [6.45, 7) is 0.754. The number of aliphatic carboxylic acids is 1. The average Bonchev–Trinajstić information content (AvgIpc) is 2.53. The first-order chi connectivity index (χ1) is 10.6. The fourth-order valence-corrected chi connectivity index (χ4v) is 2.11. The maximum absolute atomic E-state index is 13.0. The van der Waals surface area contributed by atoms with Crippen LogP contribution >= 0.6 is 0 Å². The van der Waals surface area contributed by atoms with Crippen LogP contribution in [0.3, 0.4) is 0 Å². The van der Waals surface area contributed by atoms with Crippen molar-refractivity contribution >= 4 is 11.7 Å². The van der Waals surface area contributed by atoms with E-state index in [1.165, 1.54) is 12.1 Å². The molecule has 0 heterocycles. The Bertz CT molecular complexity index is 693. The third-order valence-electron chi connectivity index (χ3n) is 3.22. The summed E-state index contributed by atoms with van der Waals surface area (Å²) in [6, 6.07) is 15.1. The molecule has 0 aliphatic rings. The number of carbonyl (C=O) groups is 1. The van der Waals surface area contributed by atoms with Crippen LogP contribution in [0.1, 0.15) is 17.5 Å². The van der Waals surface area contributed by atoms with Gasteiger partial charge < -0.3 is 10.0 Å². The predicted molar refractivity (Wildman–Crippen MR) is 80.9 cm³/mol. The first-order valence-corrected chi connectivity index (χ1v) is 6.80. The van der Waals surface area contributed by atoms with Crippen molar-refractivity contribution in [1.82, 2.24) is 0 Å². The molecule has 0 aliphatic heterocycles. The number of hydrogen-bond donors (Lipinski definition) is 1. The fraction of sp³-hybridized carbons (Fsp3) is 0.176. The maximum Gasteiger partial charge on any atom is 0.305 e. The smallest absolute Gasteiger partial charge is 0.305 e. The molecule has 2 aromatic carbocycles. The molecule has 0 unspecified atom stereocenters. The monoisotopic (exact) mass is 298 g/mol. The van der Waals surface area contributed by atoms with Gasteiger partial charge in [0.05, 0.1) is 18.1 Å². The topological polar surface area (TPSA) is 64.3 Å². The molecule has 2 rings (SSSR count). The van der Waals surface area contributed by atoms with E-state index >= 15 is 0 Å². The zero-order valence-electron chi connectivity index (χ0n) is 11.9. The SMILES string of the molecule is N#Cc1cccc(N(CCC(=O)O)Cc2ccc(F)cc2)c1. The van der Waals surface area contributed by atoms with Crippen molar-refractivity contribution in [3.63, 3.8) is 0 Å². The highest BCUT2D eigenvalue weighted by Crippen LogP contribution is 2.19. The Kier molecular flexibility index (Phi) is 5.10. The van der Waals surface area contributed by atoms with E-state index in [2.05, 4.69) is 6.07 Å². The van der Waals surface area contributed by atoms with Crippen LogP contribution in [0.15, 0.2) is 48.5 Å². The molecule has 0 fully saturated rings. The molecule has 0 atom stereocenters. The molecule has 4 nitrogen and oxygen atoms in total. The number of nitrogens with zero attached hydrogens (tertiary/aromatic N) is 2. The van der Waals surface area contributed by atoms with Gasteiger partial charge in [0.2, 0.25) is 0 Å². The van der Waals surface area contributed by atoms with Gasteiger partial charge in [0, 0.05) is 18.8 Å². The summed E-state index contributed by atoms with van der Waals surface area (Å²) in [5.41, 5.74) is 2.15. The van der Waals surface area contributed by atoms with E-state index in [4.69, 9.17) is 10.4 Å². The third kappa shape index (κ3) is 4.32. The highest BCUT2D eigenvalue weighted by Gasteiger charge is 2.10. The third-order valence-corrected chi connectivity index (χ3v) is 3.22. The minimum Gasteiger partial charge on any atom is -0.481 e. The van der Waals surface area contributed by atoms with Gasteiger partial charge >= 0.3 is 5.97 Å². The van der Waals surface area contributed by atoms with Crippen LogP contribution in [0.25, 0.3) is 0 Å². The number of rotatable bonds is 6. The molecule has 22 heavy (non-hydrogen) atoms. The zero-order valence-corrected chi connectivity index (χ0v) is 11.9. The number of anilines is 1. The summed E-state index contributed by atoms with van der Waals surface area (Å²) in [5.74, 6) is -1.20. The van der Waals surface area contributed by atoms with E-state index in [9.17, 15) is 9.18 Å². The van der Waals surface area contributed by atoms with Gasteiger partial charge in [0.1, 0.15) is 5.82 Å². The van der Waals surface area contributed by atoms with Crippen LogP contribution in [0.4, 0.5) is 10.1 Å². The Balaban J connectivity index is 2.23. The normalized spacial score (nSPS) is 10.0. The van der Waals surface area contributed by atoms with Crippen LogP contribution in [-0.2, 0) is 11.3 Å². The molecule has 0 saturated heterocycles. The lowest BCUT2D eigenvalue weighted by atomic mass is 10.1. The van der Waals surface area contributed by atoms with Crippen LogP contribution in [0, 0.1) is 17.1 Å². The van der Waals surface area contributed by atoms with E-state index < -0.39 is 5.97 Å². The molecule has 0 aromatic heterocycles. The van der Waals surface area contributed by atoms with Gasteiger partial charge in [0.15, 0.2) is 0 Å². The Morgan fingerprint density at radius 3 is 2.59 bits per heavy atom. The van der Waals surface area contributed by atoms with Gasteiger partial charge in [-0.25, -0.2) is 4.39 Å². The second-order valence-corrected chi connectivity index (χ2v) is 4.85. The summed E-state index contributed by atoms with van der Waals surface area (Å²) in [6.07, 6.45) is -0.0159. The first-order valence-electron chi connectivity index (χ1n) is 6.80. The predicted octanol–water partition coefficient (Wildman–Crippen LogP) is 3.18. The molecule has 5 heteroatoms. The molecule has 2 aromatic rings. The Labute approximate surface area is 128 Å². The van der Waals surface area contributed by atoms with E-state index in [-0.39, 0.29) is 12.2 Å². The second kappa shape index (κ2) is 7.23. The summed E-state index contributed by atoms with van der Waals surface area (Å²) >= 11 is 0. The van der Waals surface area contributed by atoms with E-state index in [1.807, 2.05) is 11.0 Å². The van der Waals surface area contributed by atoms with Crippen molar-refractivity contribution in [1.29, 1.82) is 5.26 Å². The zero-order chi connectivity index (χ0) is 15.9.